The van der Waals surface area contributed by atoms with Crippen molar-refractivity contribution in [3.63, 3.8) is 0 Å². The van der Waals surface area contributed by atoms with Gasteiger partial charge in [-0.05, 0) is 5.75 Å². The molecule has 1 aromatic heterocycles. The van der Waals surface area contributed by atoms with Crippen LogP contribution in [-0.2, 0) is 6.42 Å². The average Bonchev–Trinajstić information content (AvgIpc) is 2.04. The van der Waals surface area contributed by atoms with Crippen molar-refractivity contribution in [1.29, 1.82) is 0 Å². The minimum absolute atomic E-state index is 0.567. The van der Waals surface area contributed by atoms with Crippen molar-refractivity contribution in [3.05, 3.63) is 11.9 Å². The van der Waals surface area contributed by atoms with E-state index in [2.05, 4.69) is 16.9 Å². The zero-order valence-electron chi connectivity index (χ0n) is 7.37. The molecular weight excluding hydrogens is 170 g/mol. The second-order valence-electron chi connectivity index (χ2n) is 2.33. The minimum Gasteiger partial charge on any atom is -0.384 e. The molecule has 0 fully saturated rings. The molecule has 0 bridgehead atoms. The van der Waals surface area contributed by atoms with E-state index >= 15 is 0 Å². The van der Waals surface area contributed by atoms with Gasteiger partial charge < -0.3 is 5.73 Å². The third kappa shape index (κ3) is 2.37. The summed E-state index contributed by atoms with van der Waals surface area (Å²) in [7, 11) is 0. The molecular formula is C8H13N3S. The van der Waals surface area contributed by atoms with Crippen LogP contribution >= 0.6 is 11.8 Å². The molecule has 1 heterocycles. The average molecular weight is 183 g/mol. The standard InChI is InChI=1S/C8H13N3S/c1-3-7-10-6(9)5-8(11-7)12-4-2/h5H,3-4H2,1-2H3,(H2,9,10,11). The second-order valence-corrected chi connectivity index (χ2v) is 3.62. The van der Waals surface area contributed by atoms with E-state index in [1.54, 1.807) is 11.8 Å². The molecule has 0 aromatic carbocycles. The van der Waals surface area contributed by atoms with Crippen molar-refractivity contribution < 1.29 is 0 Å². The van der Waals surface area contributed by atoms with Gasteiger partial charge in [-0.1, -0.05) is 13.8 Å². The van der Waals surface area contributed by atoms with Gasteiger partial charge in [0.15, 0.2) is 0 Å². The molecule has 0 amide bonds. The Balaban J connectivity index is 2.90. The third-order valence-electron chi connectivity index (χ3n) is 1.38. The summed E-state index contributed by atoms with van der Waals surface area (Å²) in [6, 6.07) is 1.81. The van der Waals surface area contributed by atoms with E-state index in [1.165, 1.54) is 0 Å². The molecule has 1 rings (SSSR count). The number of hydrogen-bond acceptors (Lipinski definition) is 4. The van der Waals surface area contributed by atoms with Crippen molar-refractivity contribution in [2.24, 2.45) is 0 Å². The van der Waals surface area contributed by atoms with Gasteiger partial charge in [0, 0.05) is 12.5 Å². The lowest BCUT2D eigenvalue weighted by molar-refractivity contribution is 0.895. The molecule has 1 aromatic rings. The normalized spacial score (nSPS) is 10.2. The van der Waals surface area contributed by atoms with Crippen LogP contribution < -0.4 is 5.73 Å². The molecule has 12 heavy (non-hydrogen) atoms. The molecule has 3 nitrogen and oxygen atoms in total. The van der Waals surface area contributed by atoms with Gasteiger partial charge in [0.05, 0.1) is 0 Å². The van der Waals surface area contributed by atoms with Gasteiger partial charge in [-0.3, -0.25) is 0 Å². The highest BCUT2D eigenvalue weighted by Crippen LogP contribution is 2.16. The summed E-state index contributed by atoms with van der Waals surface area (Å²) in [5.74, 6) is 2.41. The highest BCUT2D eigenvalue weighted by atomic mass is 32.2. The first-order chi connectivity index (χ1) is 5.76. The first-order valence-electron chi connectivity index (χ1n) is 4.02. The van der Waals surface area contributed by atoms with Gasteiger partial charge in [0.2, 0.25) is 0 Å². The summed E-state index contributed by atoms with van der Waals surface area (Å²) in [5, 5.41) is 0.974. The number of aryl methyl sites for hydroxylation is 1. The Morgan fingerprint density at radius 1 is 1.42 bits per heavy atom. The van der Waals surface area contributed by atoms with Crippen LogP contribution in [0.5, 0.6) is 0 Å². The largest absolute Gasteiger partial charge is 0.384 e. The zero-order chi connectivity index (χ0) is 8.97. The number of nitrogens with two attached hydrogens (primary N) is 1. The highest BCUT2D eigenvalue weighted by molar-refractivity contribution is 7.99. The quantitative estimate of drug-likeness (QED) is 0.573. The topological polar surface area (TPSA) is 51.8 Å². The molecule has 0 spiro atoms. The molecule has 0 aliphatic heterocycles. The van der Waals surface area contributed by atoms with E-state index in [-0.39, 0.29) is 0 Å². The van der Waals surface area contributed by atoms with Crippen molar-refractivity contribution in [2.45, 2.75) is 25.3 Å². The van der Waals surface area contributed by atoms with E-state index in [1.807, 2.05) is 13.0 Å². The van der Waals surface area contributed by atoms with Gasteiger partial charge in [-0.25, -0.2) is 9.97 Å². The Hall–Kier alpha value is -0.770. The van der Waals surface area contributed by atoms with Gasteiger partial charge in [0.25, 0.3) is 0 Å². The fourth-order valence-electron chi connectivity index (χ4n) is 0.872. The van der Waals surface area contributed by atoms with Crippen LogP contribution in [0.15, 0.2) is 11.1 Å². The van der Waals surface area contributed by atoms with Crippen LogP contribution in [-0.4, -0.2) is 15.7 Å². The zero-order valence-corrected chi connectivity index (χ0v) is 8.19. The lowest BCUT2D eigenvalue weighted by Gasteiger charge is -2.01. The smallest absolute Gasteiger partial charge is 0.131 e. The number of thioether (sulfide) groups is 1. The van der Waals surface area contributed by atoms with E-state index in [9.17, 15) is 0 Å². The molecule has 66 valence electrons. The van der Waals surface area contributed by atoms with Gasteiger partial charge >= 0.3 is 0 Å². The molecule has 0 radical (unpaired) electrons. The molecule has 2 N–H and O–H groups in total. The monoisotopic (exact) mass is 183 g/mol. The van der Waals surface area contributed by atoms with Crippen LogP contribution in [0.3, 0.4) is 0 Å². The second kappa shape index (κ2) is 4.30. The Kier molecular flexibility index (Phi) is 3.34. The van der Waals surface area contributed by atoms with Crippen LogP contribution in [0.4, 0.5) is 5.82 Å². The minimum atomic E-state index is 0.567. The summed E-state index contributed by atoms with van der Waals surface area (Å²) in [6.45, 7) is 4.11. The Bertz CT molecular complexity index is 262. The van der Waals surface area contributed by atoms with Crippen molar-refractivity contribution >= 4 is 17.6 Å². The summed E-state index contributed by atoms with van der Waals surface area (Å²) in [5.41, 5.74) is 5.60. The highest BCUT2D eigenvalue weighted by Gasteiger charge is 1.99. The third-order valence-corrected chi connectivity index (χ3v) is 2.17. The molecule has 0 aliphatic rings. The van der Waals surface area contributed by atoms with E-state index in [4.69, 9.17) is 5.73 Å². The first-order valence-corrected chi connectivity index (χ1v) is 5.01. The first kappa shape index (κ1) is 9.32. The van der Waals surface area contributed by atoms with Crippen molar-refractivity contribution in [1.82, 2.24) is 9.97 Å². The number of aromatic nitrogens is 2. The van der Waals surface area contributed by atoms with Gasteiger partial charge in [0.1, 0.15) is 16.7 Å². The molecule has 0 unspecified atom stereocenters. The predicted molar refractivity (Wildman–Crippen MR) is 52.2 cm³/mol. The Morgan fingerprint density at radius 2 is 2.17 bits per heavy atom. The van der Waals surface area contributed by atoms with Crippen molar-refractivity contribution in [2.75, 3.05) is 11.5 Å². The van der Waals surface area contributed by atoms with Crippen LogP contribution in [0.25, 0.3) is 0 Å². The maximum Gasteiger partial charge on any atom is 0.131 e. The predicted octanol–water partition coefficient (Wildman–Crippen LogP) is 1.73. The summed E-state index contributed by atoms with van der Waals surface area (Å²) >= 11 is 1.69. The number of nitrogen functional groups attached to an aromatic ring is 1. The molecule has 0 aliphatic carbocycles. The number of nitrogens with zero attached hydrogens (tertiary/aromatic N) is 2. The summed E-state index contributed by atoms with van der Waals surface area (Å²) < 4.78 is 0. The van der Waals surface area contributed by atoms with Gasteiger partial charge in [-0.2, -0.15) is 0 Å². The molecule has 0 atom stereocenters. The number of anilines is 1. The molecule has 0 saturated heterocycles. The van der Waals surface area contributed by atoms with Crippen LogP contribution in [0.1, 0.15) is 19.7 Å². The summed E-state index contributed by atoms with van der Waals surface area (Å²) in [6.07, 6.45) is 0.836. The lowest BCUT2D eigenvalue weighted by atomic mass is 10.4. The Labute approximate surface area is 76.8 Å². The van der Waals surface area contributed by atoms with Crippen molar-refractivity contribution in [3.8, 4) is 0 Å². The fourth-order valence-corrected chi connectivity index (χ4v) is 1.54. The van der Waals surface area contributed by atoms with Crippen LogP contribution in [0, 0.1) is 0 Å². The summed E-state index contributed by atoms with van der Waals surface area (Å²) in [4.78, 5) is 8.40. The SMILES string of the molecule is CCSc1cc(N)nc(CC)n1. The lowest BCUT2D eigenvalue weighted by Crippen LogP contribution is -1.99. The van der Waals surface area contributed by atoms with Crippen LogP contribution in [0.2, 0.25) is 0 Å². The number of rotatable bonds is 3. The number of hydrogen-bond donors (Lipinski definition) is 1. The Morgan fingerprint density at radius 3 is 2.75 bits per heavy atom. The van der Waals surface area contributed by atoms with E-state index in [0.717, 1.165) is 23.0 Å². The maximum absolute atomic E-state index is 5.60. The molecule has 0 saturated carbocycles. The van der Waals surface area contributed by atoms with E-state index < -0.39 is 0 Å². The van der Waals surface area contributed by atoms with E-state index in [0.29, 0.717) is 5.82 Å². The molecule has 4 heteroatoms. The maximum atomic E-state index is 5.60. The van der Waals surface area contributed by atoms with Gasteiger partial charge in [-0.15, -0.1) is 11.8 Å². The fraction of sp³-hybridized carbons (Fsp3) is 0.500.